The van der Waals surface area contributed by atoms with Crippen molar-refractivity contribution in [2.24, 2.45) is 0 Å². The van der Waals surface area contributed by atoms with Crippen LogP contribution in [0, 0.1) is 11.3 Å². The lowest BCUT2D eigenvalue weighted by molar-refractivity contribution is -0.660. The van der Waals surface area contributed by atoms with Crippen LogP contribution in [0.15, 0.2) is 54.6 Å². The molecule has 3 rings (SSSR count). The van der Waals surface area contributed by atoms with E-state index in [1.54, 1.807) is 0 Å². The third-order valence-electron chi connectivity index (χ3n) is 4.21. The normalized spacial score (nSPS) is 17.1. The van der Waals surface area contributed by atoms with Gasteiger partial charge < -0.3 is 24.0 Å². The molecule has 1 aliphatic heterocycles. The maximum Gasteiger partial charge on any atom is 0.215 e. The summed E-state index contributed by atoms with van der Waals surface area (Å²) in [6, 6.07) is 20.9. The average Bonchev–Trinajstić information content (AvgIpc) is 2.84. The minimum atomic E-state index is 0. The van der Waals surface area contributed by atoms with Crippen molar-refractivity contribution in [3.63, 3.8) is 0 Å². The van der Waals surface area contributed by atoms with Gasteiger partial charge in [-0.1, -0.05) is 36.4 Å². The number of hydrogen-bond donors (Lipinski definition) is 0. The van der Waals surface area contributed by atoms with Crippen LogP contribution in [-0.4, -0.2) is 29.5 Å². The first-order valence-electron chi connectivity index (χ1n) is 7.08. The van der Waals surface area contributed by atoms with E-state index in [0.717, 1.165) is 12.0 Å². The van der Waals surface area contributed by atoms with E-state index < -0.39 is 0 Å². The standard InChI is InChI=1S/C18H18N3.HI/c1-20-17(15-8-4-3-5-9-15)12-18(21(20)2)16-10-6-7-14(11-16)13-19;/h3-11,17H,12H2,1-2H3;1H/q+1;/p-1. The van der Waals surface area contributed by atoms with Gasteiger partial charge in [0.15, 0.2) is 7.05 Å². The zero-order valence-corrected chi connectivity index (χ0v) is 14.9. The Hall–Kier alpha value is -1.87. The third-order valence-corrected chi connectivity index (χ3v) is 4.21. The predicted molar refractivity (Wildman–Crippen MR) is 83.0 cm³/mol. The number of rotatable bonds is 2. The van der Waals surface area contributed by atoms with Crippen molar-refractivity contribution in [1.82, 2.24) is 5.01 Å². The molecule has 2 aromatic rings. The van der Waals surface area contributed by atoms with Gasteiger partial charge in [0.2, 0.25) is 5.71 Å². The van der Waals surface area contributed by atoms with E-state index in [2.05, 4.69) is 60.2 Å². The highest BCUT2D eigenvalue weighted by atomic mass is 127. The minimum absolute atomic E-state index is 0. The first-order chi connectivity index (χ1) is 10.2. The van der Waals surface area contributed by atoms with E-state index in [4.69, 9.17) is 5.26 Å². The van der Waals surface area contributed by atoms with Gasteiger partial charge in [-0.2, -0.15) is 10.3 Å². The molecule has 1 aliphatic rings. The highest BCUT2D eigenvalue weighted by Crippen LogP contribution is 2.30. The van der Waals surface area contributed by atoms with Gasteiger partial charge in [0.05, 0.1) is 25.1 Å². The summed E-state index contributed by atoms with van der Waals surface area (Å²) >= 11 is 0. The molecule has 0 radical (unpaired) electrons. The Kier molecular flexibility index (Phi) is 5.19. The molecule has 0 saturated heterocycles. The molecule has 112 valence electrons. The highest BCUT2D eigenvalue weighted by molar-refractivity contribution is 5.98. The molecule has 2 aromatic carbocycles. The maximum absolute atomic E-state index is 9.07. The highest BCUT2D eigenvalue weighted by Gasteiger charge is 2.36. The van der Waals surface area contributed by atoms with Gasteiger partial charge in [-0.25, -0.2) is 0 Å². The zero-order chi connectivity index (χ0) is 14.8. The monoisotopic (exact) mass is 403 g/mol. The van der Waals surface area contributed by atoms with Crippen LogP contribution < -0.4 is 24.0 Å². The molecular formula is C18H18IN3. The Balaban J connectivity index is 0.00000176. The van der Waals surface area contributed by atoms with Gasteiger partial charge >= 0.3 is 0 Å². The molecule has 1 heterocycles. The molecule has 1 atom stereocenters. The molecule has 1 unspecified atom stereocenters. The van der Waals surface area contributed by atoms with E-state index in [-0.39, 0.29) is 24.0 Å². The number of hydrazine groups is 1. The number of hydrogen-bond acceptors (Lipinski definition) is 2. The van der Waals surface area contributed by atoms with Crippen LogP contribution in [0.5, 0.6) is 0 Å². The van der Waals surface area contributed by atoms with Crippen LogP contribution in [0.4, 0.5) is 0 Å². The van der Waals surface area contributed by atoms with E-state index in [1.165, 1.54) is 11.3 Å². The van der Waals surface area contributed by atoms with Crippen LogP contribution in [0.25, 0.3) is 0 Å². The van der Waals surface area contributed by atoms with Gasteiger partial charge in [-0.3, -0.25) is 0 Å². The lowest BCUT2D eigenvalue weighted by Gasteiger charge is -2.16. The molecule has 0 N–H and O–H groups in total. The summed E-state index contributed by atoms with van der Waals surface area (Å²) in [5.74, 6) is 0. The molecular weight excluding hydrogens is 385 g/mol. The topological polar surface area (TPSA) is 30.0 Å². The molecule has 0 aliphatic carbocycles. The summed E-state index contributed by atoms with van der Waals surface area (Å²) in [7, 11) is 4.19. The lowest BCUT2D eigenvalue weighted by Crippen LogP contribution is -3.00. The predicted octanol–water partition coefficient (Wildman–Crippen LogP) is -0.0145. The minimum Gasteiger partial charge on any atom is -1.00 e. The van der Waals surface area contributed by atoms with Crippen LogP contribution in [0.2, 0.25) is 0 Å². The van der Waals surface area contributed by atoms with Gasteiger partial charge in [0.25, 0.3) is 0 Å². The Labute approximate surface area is 148 Å². The molecule has 22 heavy (non-hydrogen) atoms. The second kappa shape index (κ2) is 6.93. The molecule has 4 heteroatoms. The number of nitriles is 1. The van der Waals surface area contributed by atoms with Crippen molar-refractivity contribution in [3.8, 4) is 6.07 Å². The SMILES string of the molecule is CN1C(c2ccccc2)CC(c2cccc(C#N)c2)=[N+]1C.[I-]. The number of halogens is 1. The second-order valence-corrected chi connectivity index (χ2v) is 5.37. The summed E-state index contributed by atoms with van der Waals surface area (Å²) in [6.07, 6.45) is 0.950. The summed E-state index contributed by atoms with van der Waals surface area (Å²) < 4.78 is 2.19. The van der Waals surface area contributed by atoms with E-state index >= 15 is 0 Å². The van der Waals surface area contributed by atoms with Crippen LogP contribution in [-0.2, 0) is 0 Å². The Morgan fingerprint density at radius 2 is 1.86 bits per heavy atom. The Morgan fingerprint density at radius 1 is 1.14 bits per heavy atom. The van der Waals surface area contributed by atoms with Crippen molar-refractivity contribution in [2.45, 2.75) is 12.5 Å². The van der Waals surface area contributed by atoms with Crippen molar-refractivity contribution in [1.29, 1.82) is 5.26 Å². The molecule has 0 fully saturated rings. The first kappa shape index (κ1) is 16.5. The van der Waals surface area contributed by atoms with Crippen LogP contribution in [0.1, 0.15) is 29.2 Å². The smallest absolute Gasteiger partial charge is 0.215 e. The second-order valence-electron chi connectivity index (χ2n) is 5.37. The van der Waals surface area contributed by atoms with Crippen LogP contribution >= 0.6 is 0 Å². The van der Waals surface area contributed by atoms with E-state index in [1.807, 2.05) is 24.3 Å². The van der Waals surface area contributed by atoms with Crippen molar-refractivity contribution < 1.29 is 28.7 Å². The van der Waals surface area contributed by atoms with Gasteiger partial charge in [-0.15, -0.1) is 4.68 Å². The zero-order valence-electron chi connectivity index (χ0n) is 12.7. The maximum atomic E-state index is 9.07. The number of benzene rings is 2. The van der Waals surface area contributed by atoms with E-state index in [9.17, 15) is 0 Å². The van der Waals surface area contributed by atoms with Gasteiger partial charge in [0.1, 0.15) is 6.04 Å². The third kappa shape index (κ3) is 3.00. The molecule has 0 saturated carbocycles. The summed E-state index contributed by atoms with van der Waals surface area (Å²) in [5, 5.41) is 11.3. The summed E-state index contributed by atoms with van der Waals surface area (Å²) in [6.45, 7) is 0. The van der Waals surface area contributed by atoms with Gasteiger partial charge in [-0.05, 0) is 23.8 Å². The quantitative estimate of drug-likeness (QED) is 0.522. The molecule has 0 amide bonds. The van der Waals surface area contributed by atoms with Crippen molar-refractivity contribution in [3.05, 3.63) is 71.3 Å². The Bertz CT molecular complexity index is 731. The summed E-state index contributed by atoms with van der Waals surface area (Å²) in [4.78, 5) is 0. The Morgan fingerprint density at radius 3 is 2.55 bits per heavy atom. The van der Waals surface area contributed by atoms with Crippen molar-refractivity contribution >= 4 is 5.71 Å². The fraction of sp³-hybridized carbons (Fsp3) is 0.222. The fourth-order valence-electron chi connectivity index (χ4n) is 2.93. The van der Waals surface area contributed by atoms with Crippen molar-refractivity contribution in [2.75, 3.05) is 14.1 Å². The average molecular weight is 403 g/mol. The molecule has 0 spiro atoms. The largest absolute Gasteiger partial charge is 1.00 e. The number of nitrogens with zero attached hydrogens (tertiary/aromatic N) is 3. The first-order valence-corrected chi connectivity index (χ1v) is 7.08. The van der Waals surface area contributed by atoms with E-state index in [0.29, 0.717) is 11.6 Å². The molecule has 0 bridgehead atoms. The van der Waals surface area contributed by atoms with Gasteiger partial charge in [0, 0.05) is 5.56 Å². The molecule has 3 nitrogen and oxygen atoms in total. The lowest BCUT2D eigenvalue weighted by atomic mass is 9.98. The fourth-order valence-corrected chi connectivity index (χ4v) is 2.93. The number of hydrazone groups is 1. The summed E-state index contributed by atoms with van der Waals surface area (Å²) in [5.41, 5.74) is 4.41. The van der Waals surface area contributed by atoms with Crippen LogP contribution in [0.3, 0.4) is 0 Å². The molecule has 0 aromatic heterocycles.